The van der Waals surface area contributed by atoms with Crippen LogP contribution in [-0.2, 0) is 15.3 Å². The molecule has 1 aliphatic rings. The molecule has 0 radical (unpaired) electrons. The summed E-state index contributed by atoms with van der Waals surface area (Å²) in [5, 5.41) is 6.38. The molecular weight excluding hydrogens is 420 g/mol. The summed E-state index contributed by atoms with van der Waals surface area (Å²) in [6.45, 7) is 5.57. The molecule has 0 bridgehead atoms. The number of hydrogen-bond acceptors (Lipinski definition) is 4. The topological polar surface area (TPSA) is 67.4 Å². The van der Waals surface area contributed by atoms with E-state index in [1.807, 2.05) is 32.9 Å². The Morgan fingerprint density at radius 1 is 1.15 bits per heavy atom. The molecule has 3 rings (SSSR count). The smallest absolute Gasteiger partial charge is 0.341 e. The summed E-state index contributed by atoms with van der Waals surface area (Å²) in [6.07, 6.45) is 0. The molecule has 2 N–H and O–H groups in total. The average Bonchev–Trinajstić information content (AvgIpc) is 2.81. The molecule has 1 amide bonds. The van der Waals surface area contributed by atoms with E-state index < -0.39 is 23.1 Å². The van der Waals surface area contributed by atoms with Crippen molar-refractivity contribution >= 4 is 45.1 Å². The number of nitrogens with one attached hydrogen (secondary N) is 2. The molecule has 1 atom stereocenters. The zero-order valence-corrected chi connectivity index (χ0v) is 16.9. The number of carbonyl (C=O) groups excluding carboxylic acids is 2. The number of carbonyl (C=O) groups is 2. The van der Waals surface area contributed by atoms with E-state index >= 15 is 0 Å². The van der Waals surface area contributed by atoms with Gasteiger partial charge in [-0.15, -0.1) is 0 Å². The van der Waals surface area contributed by atoms with Crippen LogP contribution in [0.15, 0.2) is 46.9 Å². The highest BCUT2D eigenvalue weighted by Crippen LogP contribution is 2.39. The molecular formula is C19H18BrClN2O3. The largest absolute Gasteiger partial charge is 0.421 e. The zero-order chi connectivity index (χ0) is 19.1. The minimum absolute atomic E-state index is 0.308. The van der Waals surface area contributed by atoms with E-state index in [4.69, 9.17) is 16.3 Å². The lowest BCUT2D eigenvalue weighted by Crippen LogP contribution is -2.55. The Labute approximate surface area is 165 Å². The summed E-state index contributed by atoms with van der Waals surface area (Å²) >= 11 is 9.50. The lowest BCUT2D eigenvalue weighted by molar-refractivity contribution is -0.139. The molecule has 2 aromatic carbocycles. The minimum atomic E-state index is -1.70. The summed E-state index contributed by atoms with van der Waals surface area (Å²) in [5.41, 5.74) is -0.891. The Balaban J connectivity index is 2.12. The number of amides is 1. The van der Waals surface area contributed by atoms with E-state index in [1.165, 1.54) is 0 Å². The van der Waals surface area contributed by atoms with Gasteiger partial charge in [0.15, 0.2) is 0 Å². The molecule has 2 aromatic rings. The number of hydrogen-bond donors (Lipinski definition) is 2. The molecule has 0 aliphatic carbocycles. The van der Waals surface area contributed by atoms with E-state index in [-0.39, 0.29) is 0 Å². The third kappa shape index (κ3) is 3.57. The monoisotopic (exact) mass is 436 g/mol. The average molecular weight is 438 g/mol. The number of halogens is 2. The summed E-state index contributed by atoms with van der Waals surface area (Å²) in [4.78, 5) is 25.6. The second-order valence-electron chi connectivity index (χ2n) is 7.10. The SMILES string of the molecule is CC(C)(C)NC(=O)C1(Nc2ccc(Br)cc2)OC(=O)c2ccc(Cl)cc21. The van der Waals surface area contributed by atoms with Gasteiger partial charge in [0, 0.05) is 26.3 Å². The second-order valence-corrected chi connectivity index (χ2v) is 8.45. The van der Waals surface area contributed by atoms with Gasteiger partial charge in [-0.1, -0.05) is 27.5 Å². The fourth-order valence-electron chi connectivity index (χ4n) is 2.72. The van der Waals surface area contributed by atoms with Crippen LogP contribution in [0.4, 0.5) is 5.69 Å². The molecule has 26 heavy (non-hydrogen) atoms. The van der Waals surface area contributed by atoms with E-state index in [9.17, 15) is 9.59 Å². The Hall–Kier alpha value is -2.05. The molecule has 5 nitrogen and oxygen atoms in total. The third-order valence-electron chi connectivity index (χ3n) is 3.80. The molecule has 0 spiro atoms. The van der Waals surface area contributed by atoms with E-state index in [1.54, 1.807) is 30.3 Å². The number of fused-ring (bicyclic) bond motifs is 1. The first kappa shape index (κ1) is 18.7. The molecule has 0 saturated heterocycles. The van der Waals surface area contributed by atoms with Crippen molar-refractivity contribution in [1.29, 1.82) is 0 Å². The molecule has 1 unspecified atom stereocenters. The van der Waals surface area contributed by atoms with Crippen LogP contribution in [-0.4, -0.2) is 17.4 Å². The van der Waals surface area contributed by atoms with Crippen LogP contribution in [0.5, 0.6) is 0 Å². The molecule has 1 aliphatic heterocycles. The first-order valence-corrected chi connectivity index (χ1v) is 9.17. The lowest BCUT2D eigenvalue weighted by atomic mass is 9.97. The molecule has 0 aromatic heterocycles. The van der Waals surface area contributed by atoms with Crippen molar-refractivity contribution in [2.75, 3.05) is 5.32 Å². The van der Waals surface area contributed by atoms with Gasteiger partial charge >= 0.3 is 5.97 Å². The standard InChI is InChI=1S/C19H18BrClN2O3/c1-18(2,3)23-17(25)19(22-13-7-4-11(20)5-8-13)15-10-12(21)6-9-14(15)16(24)26-19/h4-10,22H,1-3H3,(H,23,25). The van der Waals surface area contributed by atoms with E-state index in [0.29, 0.717) is 21.8 Å². The minimum Gasteiger partial charge on any atom is -0.421 e. The summed E-state index contributed by atoms with van der Waals surface area (Å²) in [7, 11) is 0. The third-order valence-corrected chi connectivity index (χ3v) is 4.56. The van der Waals surface area contributed by atoms with Crippen LogP contribution < -0.4 is 10.6 Å². The molecule has 0 saturated carbocycles. The highest BCUT2D eigenvalue weighted by molar-refractivity contribution is 9.10. The first-order chi connectivity index (χ1) is 12.1. The second kappa shape index (κ2) is 6.59. The van der Waals surface area contributed by atoms with Crippen LogP contribution in [0.25, 0.3) is 0 Å². The fourth-order valence-corrected chi connectivity index (χ4v) is 3.15. The van der Waals surface area contributed by atoms with Gasteiger partial charge in [0.1, 0.15) is 0 Å². The Kier molecular flexibility index (Phi) is 4.75. The van der Waals surface area contributed by atoms with Gasteiger partial charge in [-0.2, -0.15) is 0 Å². The van der Waals surface area contributed by atoms with Gasteiger partial charge in [-0.25, -0.2) is 4.79 Å². The number of anilines is 1. The van der Waals surface area contributed by atoms with Gasteiger partial charge in [0.2, 0.25) is 0 Å². The van der Waals surface area contributed by atoms with Crippen molar-refractivity contribution in [1.82, 2.24) is 5.32 Å². The van der Waals surface area contributed by atoms with Crippen molar-refractivity contribution in [2.24, 2.45) is 0 Å². The van der Waals surface area contributed by atoms with Crippen molar-refractivity contribution < 1.29 is 14.3 Å². The molecule has 0 fully saturated rings. The normalized spacial score (nSPS) is 18.9. The van der Waals surface area contributed by atoms with Crippen LogP contribution in [0.1, 0.15) is 36.7 Å². The van der Waals surface area contributed by atoms with Gasteiger partial charge in [-0.3, -0.25) is 4.79 Å². The number of cyclic esters (lactones) is 1. The number of benzene rings is 2. The van der Waals surface area contributed by atoms with Gasteiger partial charge in [-0.05, 0) is 63.2 Å². The van der Waals surface area contributed by atoms with E-state index in [0.717, 1.165) is 4.47 Å². The molecule has 136 valence electrons. The van der Waals surface area contributed by atoms with Gasteiger partial charge in [0.05, 0.1) is 5.56 Å². The van der Waals surface area contributed by atoms with Gasteiger partial charge < -0.3 is 15.4 Å². The fraction of sp³-hybridized carbons (Fsp3) is 0.263. The maximum Gasteiger partial charge on any atom is 0.341 e. The predicted octanol–water partition coefficient (Wildman–Crippen LogP) is 4.45. The predicted molar refractivity (Wildman–Crippen MR) is 104 cm³/mol. The highest BCUT2D eigenvalue weighted by atomic mass is 79.9. The number of esters is 1. The van der Waals surface area contributed by atoms with Crippen LogP contribution in [0, 0.1) is 0 Å². The first-order valence-electron chi connectivity index (χ1n) is 8.00. The quantitative estimate of drug-likeness (QED) is 0.696. The van der Waals surface area contributed by atoms with Crippen molar-refractivity contribution in [3.63, 3.8) is 0 Å². The molecule has 7 heteroatoms. The Bertz CT molecular complexity index is 877. The number of ether oxygens (including phenoxy) is 1. The maximum absolute atomic E-state index is 13.2. The van der Waals surface area contributed by atoms with E-state index in [2.05, 4.69) is 26.6 Å². The lowest BCUT2D eigenvalue weighted by Gasteiger charge is -2.33. The van der Waals surface area contributed by atoms with Crippen molar-refractivity contribution in [2.45, 2.75) is 32.0 Å². The van der Waals surface area contributed by atoms with Crippen molar-refractivity contribution in [3.8, 4) is 0 Å². The Morgan fingerprint density at radius 3 is 2.42 bits per heavy atom. The molecule has 1 heterocycles. The van der Waals surface area contributed by atoms with Crippen LogP contribution in [0.3, 0.4) is 0 Å². The Morgan fingerprint density at radius 2 is 1.81 bits per heavy atom. The van der Waals surface area contributed by atoms with Crippen LogP contribution >= 0.6 is 27.5 Å². The van der Waals surface area contributed by atoms with Gasteiger partial charge in [0.25, 0.3) is 11.6 Å². The number of rotatable bonds is 3. The highest BCUT2D eigenvalue weighted by Gasteiger charge is 2.53. The van der Waals surface area contributed by atoms with Crippen LogP contribution in [0.2, 0.25) is 5.02 Å². The summed E-state index contributed by atoms with van der Waals surface area (Å²) in [6, 6.07) is 12.0. The van der Waals surface area contributed by atoms with Crippen molar-refractivity contribution in [3.05, 3.63) is 63.1 Å². The summed E-state index contributed by atoms with van der Waals surface area (Å²) < 4.78 is 6.48. The zero-order valence-electron chi connectivity index (χ0n) is 14.5. The maximum atomic E-state index is 13.2. The summed E-state index contributed by atoms with van der Waals surface area (Å²) in [5.74, 6) is -1.05.